The Morgan fingerprint density at radius 1 is 1.22 bits per heavy atom. The number of carbonyl (C=O) groups excluding carboxylic acids is 1. The van der Waals surface area contributed by atoms with Gasteiger partial charge in [0.25, 0.3) is 0 Å². The van der Waals surface area contributed by atoms with Crippen LogP contribution in [0.25, 0.3) is 5.69 Å². The van der Waals surface area contributed by atoms with Crippen LogP contribution in [0, 0.1) is 0 Å². The second kappa shape index (κ2) is 6.05. The van der Waals surface area contributed by atoms with Crippen LogP contribution in [0.3, 0.4) is 0 Å². The van der Waals surface area contributed by atoms with Crippen molar-refractivity contribution in [2.75, 3.05) is 19.2 Å². The number of hydrogen-bond donors (Lipinski definition) is 1. The fourth-order valence-electron chi connectivity index (χ4n) is 3.63. The molecule has 2 aliphatic rings. The molecule has 1 aromatic heterocycles. The van der Waals surface area contributed by atoms with Crippen molar-refractivity contribution in [2.24, 2.45) is 0 Å². The molecule has 5 rings (SSSR count). The third-order valence-electron chi connectivity index (χ3n) is 4.90. The maximum atomic E-state index is 12.4. The molecule has 1 amide bonds. The van der Waals surface area contributed by atoms with E-state index in [1.807, 2.05) is 48.7 Å². The number of fused-ring (bicyclic) bond motifs is 2. The van der Waals surface area contributed by atoms with Gasteiger partial charge in [0.2, 0.25) is 18.4 Å². The van der Waals surface area contributed by atoms with E-state index in [-0.39, 0.29) is 18.6 Å². The standard InChI is InChI=1S/C20H17N3O4/c1-25-16-7-12(8-17-19(16)27-11-26-17)14-9-18(24)22-20-15(14)10-21-23(20)13-5-3-2-4-6-13/h2-8,10,14H,9,11H2,1H3,(H,22,24)/t14-/m0/s1. The molecule has 7 nitrogen and oxygen atoms in total. The number of carbonyl (C=O) groups is 1. The topological polar surface area (TPSA) is 74.6 Å². The lowest BCUT2D eigenvalue weighted by atomic mass is 9.87. The first-order valence-corrected chi connectivity index (χ1v) is 8.65. The number of aromatic nitrogens is 2. The molecule has 0 bridgehead atoms. The second-order valence-electron chi connectivity index (χ2n) is 6.46. The Kier molecular flexibility index (Phi) is 3.53. The van der Waals surface area contributed by atoms with Crippen LogP contribution in [0.2, 0.25) is 0 Å². The van der Waals surface area contributed by atoms with E-state index in [1.165, 1.54) is 0 Å². The zero-order chi connectivity index (χ0) is 18.4. The normalized spacial score (nSPS) is 17.4. The highest BCUT2D eigenvalue weighted by Crippen LogP contribution is 2.46. The van der Waals surface area contributed by atoms with Gasteiger partial charge in [0.15, 0.2) is 11.5 Å². The quantitative estimate of drug-likeness (QED) is 0.774. The lowest BCUT2D eigenvalue weighted by Gasteiger charge is -2.24. The molecule has 0 saturated carbocycles. The van der Waals surface area contributed by atoms with E-state index in [0.717, 1.165) is 16.8 Å². The number of methoxy groups -OCH3 is 1. The van der Waals surface area contributed by atoms with Gasteiger partial charge in [0.05, 0.1) is 19.0 Å². The lowest BCUT2D eigenvalue weighted by Crippen LogP contribution is -2.24. The van der Waals surface area contributed by atoms with Crippen molar-refractivity contribution in [1.82, 2.24) is 9.78 Å². The van der Waals surface area contributed by atoms with E-state index >= 15 is 0 Å². The number of ether oxygens (including phenoxy) is 3. The number of rotatable bonds is 3. The average Bonchev–Trinajstić information content (AvgIpc) is 3.34. The monoisotopic (exact) mass is 363 g/mol. The van der Waals surface area contributed by atoms with Crippen LogP contribution in [-0.2, 0) is 4.79 Å². The van der Waals surface area contributed by atoms with E-state index in [4.69, 9.17) is 14.2 Å². The van der Waals surface area contributed by atoms with Crippen LogP contribution < -0.4 is 19.5 Å². The molecule has 2 aromatic carbocycles. The van der Waals surface area contributed by atoms with Gasteiger partial charge in [-0.25, -0.2) is 4.68 Å². The molecule has 0 unspecified atom stereocenters. The van der Waals surface area contributed by atoms with E-state index in [9.17, 15) is 4.79 Å². The number of amides is 1. The van der Waals surface area contributed by atoms with Gasteiger partial charge >= 0.3 is 0 Å². The summed E-state index contributed by atoms with van der Waals surface area (Å²) in [6.45, 7) is 0.164. The van der Waals surface area contributed by atoms with Crippen LogP contribution in [0.5, 0.6) is 17.2 Å². The molecular weight excluding hydrogens is 346 g/mol. The van der Waals surface area contributed by atoms with Gasteiger partial charge in [-0.2, -0.15) is 5.10 Å². The Bertz CT molecular complexity index is 1030. The summed E-state index contributed by atoms with van der Waals surface area (Å²) in [7, 11) is 1.59. The van der Waals surface area contributed by atoms with Crippen molar-refractivity contribution in [3.63, 3.8) is 0 Å². The maximum absolute atomic E-state index is 12.4. The SMILES string of the molecule is COc1cc([C@@H]2CC(=O)Nc3c2cnn3-c2ccccc2)cc2c1OCO2. The van der Waals surface area contributed by atoms with Crippen LogP contribution >= 0.6 is 0 Å². The van der Waals surface area contributed by atoms with Crippen LogP contribution in [0.1, 0.15) is 23.5 Å². The first kappa shape index (κ1) is 15.7. The van der Waals surface area contributed by atoms with Crippen molar-refractivity contribution >= 4 is 11.7 Å². The van der Waals surface area contributed by atoms with Crippen LogP contribution in [-0.4, -0.2) is 29.6 Å². The third kappa shape index (κ3) is 2.51. The Morgan fingerprint density at radius 2 is 2.07 bits per heavy atom. The summed E-state index contributed by atoms with van der Waals surface area (Å²) in [5.41, 5.74) is 2.78. The number of benzene rings is 2. The molecular formula is C20H17N3O4. The molecule has 0 radical (unpaired) electrons. The molecule has 0 fully saturated rings. The van der Waals surface area contributed by atoms with Gasteiger partial charge < -0.3 is 19.5 Å². The molecule has 2 aliphatic heterocycles. The zero-order valence-corrected chi connectivity index (χ0v) is 14.6. The molecule has 0 spiro atoms. The van der Waals surface area contributed by atoms with E-state index in [2.05, 4.69) is 10.4 Å². The van der Waals surface area contributed by atoms with Crippen LogP contribution in [0.15, 0.2) is 48.7 Å². The fraction of sp³-hybridized carbons (Fsp3) is 0.200. The molecule has 3 aromatic rings. The summed E-state index contributed by atoms with van der Waals surface area (Å²) < 4.78 is 18.2. The van der Waals surface area contributed by atoms with E-state index in [0.29, 0.717) is 29.5 Å². The number of hydrogen-bond acceptors (Lipinski definition) is 5. The predicted molar refractivity (Wildman–Crippen MR) is 97.8 cm³/mol. The molecule has 0 aliphatic carbocycles. The van der Waals surface area contributed by atoms with E-state index < -0.39 is 0 Å². The summed E-state index contributed by atoms with van der Waals surface area (Å²) in [5.74, 6) is 2.33. The van der Waals surface area contributed by atoms with Gasteiger partial charge in [-0.1, -0.05) is 18.2 Å². The average molecular weight is 363 g/mol. The summed E-state index contributed by atoms with van der Waals surface area (Å²) >= 11 is 0. The molecule has 1 atom stereocenters. The summed E-state index contributed by atoms with van der Waals surface area (Å²) in [6.07, 6.45) is 2.14. The predicted octanol–water partition coefficient (Wildman–Crippen LogP) is 3.08. The molecule has 1 N–H and O–H groups in total. The summed E-state index contributed by atoms with van der Waals surface area (Å²) in [6, 6.07) is 13.5. The van der Waals surface area contributed by atoms with Crippen molar-refractivity contribution in [3.05, 3.63) is 59.8 Å². The van der Waals surface area contributed by atoms with Crippen molar-refractivity contribution in [3.8, 4) is 22.9 Å². The minimum Gasteiger partial charge on any atom is -0.493 e. The highest BCUT2D eigenvalue weighted by Gasteiger charge is 2.32. The smallest absolute Gasteiger partial charge is 0.231 e. The molecule has 7 heteroatoms. The number of para-hydroxylation sites is 1. The Morgan fingerprint density at radius 3 is 2.89 bits per heavy atom. The van der Waals surface area contributed by atoms with E-state index in [1.54, 1.807) is 11.8 Å². The maximum Gasteiger partial charge on any atom is 0.231 e. The van der Waals surface area contributed by atoms with Gasteiger partial charge in [-0.05, 0) is 29.8 Å². The number of anilines is 1. The molecule has 136 valence electrons. The fourth-order valence-corrected chi connectivity index (χ4v) is 3.63. The number of nitrogens with one attached hydrogen (secondary N) is 1. The van der Waals surface area contributed by atoms with Crippen molar-refractivity contribution in [1.29, 1.82) is 0 Å². The van der Waals surface area contributed by atoms with Gasteiger partial charge in [0.1, 0.15) is 5.82 Å². The first-order valence-electron chi connectivity index (χ1n) is 8.65. The minimum atomic E-state index is -0.144. The Labute approximate surface area is 155 Å². The van der Waals surface area contributed by atoms with Crippen LogP contribution in [0.4, 0.5) is 5.82 Å². The molecule has 27 heavy (non-hydrogen) atoms. The highest BCUT2D eigenvalue weighted by atomic mass is 16.7. The minimum absolute atomic E-state index is 0.0539. The van der Waals surface area contributed by atoms with Gasteiger partial charge in [-0.3, -0.25) is 4.79 Å². The zero-order valence-electron chi connectivity index (χ0n) is 14.6. The Hall–Kier alpha value is -3.48. The first-order chi connectivity index (χ1) is 13.2. The van der Waals surface area contributed by atoms with Crippen molar-refractivity contribution < 1.29 is 19.0 Å². The highest BCUT2D eigenvalue weighted by molar-refractivity contribution is 5.94. The van der Waals surface area contributed by atoms with Gasteiger partial charge in [0, 0.05) is 17.9 Å². The molecule has 3 heterocycles. The Balaban J connectivity index is 1.62. The summed E-state index contributed by atoms with van der Waals surface area (Å²) in [4.78, 5) is 12.4. The van der Waals surface area contributed by atoms with Crippen molar-refractivity contribution in [2.45, 2.75) is 12.3 Å². The third-order valence-corrected chi connectivity index (χ3v) is 4.90. The summed E-state index contributed by atoms with van der Waals surface area (Å²) in [5, 5.41) is 7.47. The van der Waals surface area contributed by atoms with Gasteiger partial charge in [-0.15, -0.1) is 0 Å². The second-order valence-corrected chi connectivity index (χ2v) is 6.46. The largest absolute Gasteiger partial charge is 0.493 e. The number of nitrogens with zero attached hydrogens (tertiary/aromatic N) is 2. The molecule has 0 saturated heterocycles. The lowest BCUT2D eigenvalue weighted by molar-refractivity contribution is -0.116.